The molecule has 5 heterocycles. The van der Waals surface area contributed by atoms with Gasteiger partial charge < -0.3 is 4.98 Å². The molecule has 0 unspecified atom stereocenters. The summed E-state index contributed by atoms with van der Waals surface area (Å²) in [5.74, 6) is 0. The molecule has 24 heavy (non-hydrogen) atoms. The SMILES string of the molecule is c1cc(-c2cc3c(-c4cc5ccncc5[nH]4)n[nH]c3cn2)ccn1. The summed E-state index contributed by atoms with van der Waals surface area (Å²) in [6.07, 6.45) is 8.95. The van der Waals surface area contributed by atoms with Crippen molar-refractivity contribution in [1.29, 1.82) is 0 Å². The van der Waals surface area contributed by atoms with Gasteiger partial charge in [-0.15, -0.1) is 0 Å². The summed E-state index contributed by atoms with van der Waals surface area (Å²) in [7, 11) is 0. The fraction of sp³-hybridized carbons (Fsp3) is 0. The Morgan fingerprint density at radius 3 is 2.58 bits per heavy atom. The zero-order chi connectivity index (χ0) is 15.9. The van der Waals surface area contributed by atoms with Crippen LogP contribution < -0.4 is 0 Å². The number of nitrogens with one attached hydrogen (secondary N) is 2. The molecule has 0 atom stereocenters. The first-order chi connectivity index (χ1) is 11.9. The van der Waals surface area contributed by atoms with Crippen LogP contribution in [0.4, 0.5) is 0 Å². The van der Waals surface area contributed by atoms with E-state index in [1.165, 1.54) is 0 Å². The van der Waals surface area contributed by atoms with Gasteiger partial charge in [0.05, 0.1) is 34.8 Å². The summed E-state index contributed by atoms with van der Waals surface area (Å²) in [6, 6.07) is 10.0. The molecule has 6 nitrogen and oxygen atoms in total. The summed E-state index contributed by atoms with van der Waals surface area (Å²) in [6.45, 7) is 0. The summed E-state index contributed by atoms with van der Waals surface area (Å²) < 4.78 is 0. The van der Waals surface area contributed by atoms with Crippen molar-refractivity contribution in [2.75, 3.05) is 0 Å². The Morgan fingerprint density at radius 1 is 0.833 bits per heavy atom. The van der Waals surface area contributed by atoms with E-state index >= 15 is 0 Å². The molecule has 0 fully saturated rings. The van der Waals surface area contributed by atoms with Gasteiger partial charge in [0.2, 0.25) is 0 Å². The molecule has 0 saturated heterocycles. The first-order valence-electron chi connectivity index (χ1n) is 7.56. The van der Waals surface area contributed by atoms with Crippen LogP contribution >= 0.6 is 0 Å². The average Bonchev–Trinajstić information content (AvgIpc) is 3.25. The Labute approximate surface area is 136 Å². The maximum atomic E-state index is 4.51. The minimum atomic E-state index is 0.874. The second kappa shape index (κ2) is 4.99. The van der Waals surface area contributed by atoms with Crippen LogP contribution in [0.5, 0.6) is 0 Å². The van der Waals surface area contributed by atoms with E-state index in [0.29, 0.717) is 0 Å². The molecular weight excluding hydrogens is 300 g/mol. The zero-order valence-corrected chi connectivity index (χ0v) is 12.6. The van der Waals surface area contributed by atoms with Crippen molar-refractivity contribution in [1.82, 2.24) is 30.1 Å². The van der Waals surface area contributed by atoms with Crippen molar-refractivity contribution in [3.05, 3.63) is 61.3 Å². The normalized spacial score (nSPS) is 11.3. The third-order valence-corrected chi connectivity index (χ3v) is 4.10. The van der Waals surface area contributed by atoms with E-state index in [-0.39, 0.29) is 0 Å². The maximum Gasteiger partial charge on any atom is 0.116 e. The van der Waals surface area contributed by atoms with Gasteiger partial charge in [0.25, 0.3) is 0 Å². The minimum Gasteiger partial charge on any atom is -0.352 e. The molecule has 0 aliphatic rings. The van der Waals surface area contributed by atoms with Crippen LogP contribution in [-0.4, -0.2) is 30.1 Å². The fourth-order valence-corrected chi connectivity index (χ4v) is 2.90. The molecule has 0 amide bonds. The predicted molar refractivity (Wildman–Crippen MR) is 92.2 cm³/mol. The van der Waals surface area contributed by atoms with Gasteiger partial charge in [-0.3, -0.25) is 20.1 Å². The second-order valence-corrected chi connectivity index (χ2v) is 5.57. The van der Waals surface area contributed by atoms with Crippen molar-refractivity contribution in [2.45, 2.75) is 0 Å². The summed E-state index contributed by atoms with van der Waals surface area (Å²) >= 11 is 0. The zero-order valence-electron chi connectivity index (χ0n) is 12.6. The van der Waals surface area contributed by atoms with Gasteiger partial charge in [-0.05, 0) is 30.3 Å². The van der Waals surface area contributed by atoms with Crippen molar-refractivity contribution in [3.63, 3.8) is 0 Å². The lowest BCUT2D eigenvalue weighted by Gasteiger charge is -2.00. The first-order valence-corrected chi connectivity index (χ1v) is 7.56. The number of hydrogen-bond acceptors (Lipinski definition) is 4. The molecule has 0 saturated carbocycles. The molecule has 5 rings (SSSR count). The Bertz CT molecular complexity index is 1120. The van der Waals surface area contributed by atoms with Gasteiger partial charge in [-0.1, -0.05) is 0 Å². The minimum absolute atomic E-state index is 0.874. The standard InChI is InChI=1S/C18H12N6/c1-4-19-5-2-11(1)14-8-13-17(10-21-14)23-24-18(13)15-7-12-3-6-20-9-16(12)22-15/h1-10,22H,(H,23,24). The number of pyridine rings is 3. The lowest BCUT2D eigenvalue weighted by molar-refractivity contribution is 1.11. The third-order valence-electron chi connectivity index (χ3n) is 4.10. The number of nitrogens with zero attached hydrogens (tertiary/aromatic N) is 4. The number of aromatic amines is 2. The van der Waals surface area contributed by atoms with Gasteiger partial charge in [0.15, 0.2) is 0 Å². The van der Waals surface area contributed by atoms with Crippen LogP contribution in [0.25, 0.3) is 44.5 Å². The molecule has 0 bridgehead atoms. The van der Waals surface area contributed by atoms with E-state index in [4.69, 9.17) is 0 Å². The van der Waals surface area contributed by atoms with E-state index in [1.807, 2.05) is 36.7 Å². The predicted octanol–water partition coefficient (Wildman–Crippen LogP) is 3.56. The number of rotatable bonds is 2. The van der Waals surface area contributed by atoms with Crippen LogP contribution in [0.15, 0.2) is 61.3 Å². The van der Waals surface area contributed by atoms with Crippen molar-refractivity contribution in [2.24, 2.45) is 0 Å². The van der Waals surface area contributed by atoms with Gasteiger partial charge in [0, 0.05) is 34.9 Å². The van der Waals surface area contributed by atoms with Crippen molar-refractivity contribution in [3.8, 4) is 22.6 Å². The summed E-state index contributed by atoms with van der Waals surface area (Å²) in [4.78, 5) is 16.1. The molecular formula is C18H12N6. The Morgan fingerprint density at radius 2 is 1.71 bits per heavy atom. The highest BCUT2D eigenvalue weighted by atomic mass is 15.1. The van der Waals surface area contributed by atoms with Crippen LogP contribution in [0.2, 0.25) is 0 Å². The molecule has 5 aromatic heterocycles. The molecule has 0 aliphatic heterocycles. The van der Waals surface area contributed by atoms with E-state index in [9.17, 15) is 0 Å². The molecule has 2 N–H and O–H groups in total. The highest BCUT2D eigenvalue weighted by molar-refractivity contribution is 5.96. The van der Waals surface area contributed by atoms with E-state index < -0.39 is 0 Å². The van der Waals surface area contributed by atoms with Crippen LogP contribution in [-0.2, 0) is 0 Å². The van der Waals surface area contributed by atoms with Crippen LogP contribution in [0, 0.1) is 0 Å². The second-order valence-electron chi connectivity index (χ2n) is 5.57. The molecule has 0 radical (unpaired) electrons. The van der Waals surface area contributed by atoms with Crippen LogP contribution in [0.3, 0.4) is 0 Å². The first kappa shape index (κ1) is 13.0. The summed E-state index contributed by atoms with van der Waals surface area (Å²) in [5, 5.41) is 9.65. The number of H-pyrrole nitrogens is 2. The maximum absolute atomic E-state index is 4.51. The largest absolute Gasteiger partial charge is 0.352 e. The van der Waals surface area contributed by atoms with E-state index in [2.05, 4.69) is 36.2 Å². The highest BCUT2D eigenvalue weighted by Gasteiger charge is 2.12. The Balaban J connectivity index is 1.71. The smallest absolute Gasteiger partial charge is 0.116 e. The molecule has 0 aromatic carbocycles. The molecule has 0 spiro atoms. The third kappa shape index (κ3) is 1.97. The number of hydrogen-bond donors (Lipinski definition) is 2. The van der Waals surface area contributed by atoms with E-state index in [1.54, 1.807) is 18.6 Å². The monoisotopic (exact) mass is 312 g/mol. The molecule has 0 aliphatic carbocycles. The number of aromatic nitrogens is 6. The van der Waals surface area contributed by atoms with Crippen molar-refractivity contribution < 1.29 is 0 Å². The van der Waals surface area contributed by atoms with Gasteiger partial charge >= 0.3 is 0 Å². The number of fused-ring (bicyclic) bond motifs is 2. The molecule has 6 heteroatoms. The van der Waals surface area contributed by atoms with Crippen molar-refractivity contribution >= 4 is 21.8 Å². The lowest BCUT2D eigenvalue weighted by atomic mass is 10.1. The molecule has 5 aromatic rings. The average molecular weight is 312 g/mol. The quantitative estimate of drug-likeness (QED) is 0.522. The topological polar surface area (TPSA) is 83.1 Å². The van der Waals surface area contributed by atoms with Gasteiger partial charge in [0.1, 0.15) is 5.69 Å². The Kier molecular flexibility index (Phi) is 2.69. The molecule has 114 valence electrons. The van der Waals surface area contributed by atoms with Gasteiger partial charge in [-0.2, -0.15) is 5.10 Å². The Hall–Kier alpha value is -3.54. The summed E-state index contributed by atoms with van der Waals surface area (Å²) in [5.41, 5.74) is 5.65. The van der Waals surface area contributed by atoms with Gasteiger partial charge in [-0.25, -0.2) is 0 Å². The van der Waals surface area contributed by atoms with Crippen LogP contribution in [0.1, 0.15) is 0 Å². The lowest BCUT2D eigenvalue weighted by Crippen LogP contribution is -1.84. The van der Waals surface area contributed by atoms with E-state index in [0.717, 1.165) is 44.5 Å². The highest BCUT2D eigenvalue weighted by Crippen LogP contribution is 2.30. The fourth-order valence-electron chi connectivity index (χ4n) is 2.90.